The Bertz CT molecular complexity index is 1310. The van der Waals surface area contributed by atoms with Crippen LogP contribution in [0.1, 0.15) is 22.3 Å². The zero-order valence-corrected chi connectivity index (χ0v) is 19.0. The molecule has 3 aromatic carbocycles. The minimum atomic E-state index is -0.208. The summed E-state index contributed by atoms with van der Waals surface area (Å²) in [7, 11) is 1.59. The molecule has 4 aromatic rings. The molecule has 0 aliphatic heterocycles. The molecule has 0 saturated heterocycles. The van der Waals surface area contributed by atoms with E-state index in [1.165, 1.54) is 11.1 Å². The van der Waals surface area contributed by atoms with E-state index < -0.39 is 0 Å². The van der Waals surface area contributed by atoms with Crippen molar-refractivity contribution < 1.29 is 9.53 Å². The van der Waals surface area contributed by atoms with Gasteiger partial charge in [0.05, 0.1) is 12.6 Å². The Kier molecular flexibility index (Phi) is 6.89. The highest BCUT2D eigenvalue weighted by molar-refractivity contribution is 5.84. The molecule has 168 valence electrons. The predicted octanol–water partition coefficient (Wildman–Crippen LogP) is 4.42. The molecule has 1 amide bonds. The Morgan fingerprint density at radius 3 is 2.39 bits per heavy atom. The van der Waals surface area contributed by atoms with Gasteiger partial charge in [-0.25, -0.2) is 0 Å². The molecule has 5 heteroatoms. The van der Waals surface area contributed by atoms with E-state index in [-0.39, 0.29) is 18.0 Å². The van der Waals surface area contributed by atoms with E-state index in [0.29, 0.717) is 29.8 Å². The first-order valence-corrected chi connectivity index (χ1v) is 11.1. The molecule has 0 atom stereocenters. The van der Waals surface area contributed by atoms with E-state index in [0.717, 1.165) is 17.4 Å². The molecular formula is C28H28N2O3. The number of fused-ring (bicyclic) bond motifs is 1. The monoisotopic (exact) mass is 440 g/mol. The molecule has 5 nitrogen and oxygen atoms in total. The highest BCUT2D eigenvalue weighted by atomic mass is 16.5. The number of hydrogen-bond acceptors (Lipinski definition) is 3. The summed E-state index contributed by atoms with van der Waals surface area (Å²) in [4.78, 5) is 26.2. The number of carbonyl (C=O) groups is 1. The molecule has 0 bridgehead atoms. The maximum Gasteiger partial charge on any atom is 0.254 e. The predicted molar refractivity (Wildman–Crippen MR) is 132 cm³/mol. The van der Waals surface area contributed by atoms with Crippen LogP contribution in [0.4, 0.5) is 0 Å². The smallest absolute Gasteiger partial charge is 0.254 e. The van der Waals surface area contributed by atoms with Crippen LogP contribution in [-0.2, 0) is 30.7 Å². The minimum absolute atomic E-state index is 0.0479. The molecule has 0 aliphatic rings. The number of benzene rings is 3. The van der Waals surface area contributed by atoms with Crippen molar-refractivity contribution in [3.63, 3.8) is 0 Å². The zero-order chi connectivity index (χ0) is 23.2. The van der Waals surface area contributed by atoms with Gasteiger partial charge in [-0.3, -0.25) is 14.2 Å². The van der Waals surface area contributed by atoms with E-state index in [2.05, 4.69) is 36.5 Å². The number of amides is 1. The fourth-order valence-corrected chi connectivity index (χ4v) is 3.90. The Morgan fingerprint density at radius 2 is 1.67 bits per heavy atom. The standard InChI is InChI=1S/C28H28N2O3/c1-20-8-10-21(11-9-20)12-13-24-16-23-14-15-25(33-2)17-26(23)30(28(24)32)19-27(31)29-18-22-6-4-3-5-7-22/h3-11,14-17H,12-13,18-19H2,1-2H3,(H,29,31). The lowest BCUT2D eigenvalue weighted by molar-refractivity contribution is -0.121. The Morgan fingerprint density at radius 1 is 0.909 bits per heavy atom. The van der Waals surface area contributed by atoms with Gasteiger partial charge in [0.25, 0.3) is 5.56 Å². The van der Waals surface area contributed by atoms with Crippen molar-refractivity contribution >= 4 is 16.8 Å². The van der Waals surface area contributed by atoms with Crippen molar-refractivity contribution in [2.45, 2.75) is 32.9 Å². The number of nitrogens with zero attached hydrogens (tertiary/aromatic N) is 1. The number of nitrogens with one attached hydrogen (secondary N) is 1. The Labute approximate surface area is 193 Å². The third-order valence-corrected chi connectivity index (χ3v) is 5.82. The molecule has 0 aliphatic carbocycles. The molecule has 1 heterocycles. The average Bonchev–Trinajstić information content (AvgIpc) is 2.85. The lowest BCUT2D eigenvalue weighted by Gasteiger charge is -2.14. The molecule has 4 rings (SSSR count). The number of rotatable bonds is 8. The number of ether oxygens (including phenoxy) is 1. The number of aromatic nitrogens is 1. The quantitative estimate of drug-likeness (QED) is 0.441. The fraction of sp³-hybridized carbons (Fsp3) is 0.214. The third-order valence-electron chi connectivity index (χ3n) is 5.82. The van der Waals surface area contributed by atoms with Gasteiger partial charge < -0.3 is 10.1 Å². The van der Waals surface area contributed by atoms with Crippen molar-refractivity contribution in [1.82, 2.24) is 9.88 Å². The second-order valence-electron chi connectivity index (χ2n) is 8.23. The first-order chi connectivity index (χ1) is 16.0. The van der Waals surface area contributed by atoms with E-state index in [1.54, 1.807) is 11.7 Å². The fourth-order valence-electron chi connectivity index (χ4n) is 3.90. The van der Waals surface area contributed by atoms with Crippen LogP contribution in [0.25, 0.3) is 10.9 Å². The molecule has 33 heavy (non-hydrogen) atoms. The molecule has 0 unspecified atom stereocenters. The molecule has 0 spiro atoms. The molecular weight excluding hydrogens is 412 g/mol. The highest BCUT2D eigenvalue weighted by Gasteiger charge is 2.14. The second kappa shape index (κ2) is 10.2. The van der Waals surface area contributed by atoms with Gasteiger partial charge in [-0.2, -0.15) is 0 Å². The summed E-state index contributed by atoms with van der Waals surface area (Å²) >= 11 is 0. The van der Waals surface area contributed by atoms with Crippen LogP contribution < -0.4 is 15.6 Å². The van der Waals surface area contributed by atoms with E-state index in [4.69, 9.17) is 4.74 Å². The SMILES string of the molecule is COc1ccc2cc(CCc3ccc(C)cc3)c(=O)n(CC(=O)NCc3ccccc3)c2c1. The number of aryl methyl sites for hydroxylation is 3. The lowest BCUT2D eigenvalue weighted by Crippen LogP contribution is -2.33. The van der Waals surface area contributed by atoms with Crippen LogP contribution in [0.15, 0.2) is 83.7 Å². The maximum absolute atomic E-state index is 13.4. The van der Waals surface area contributed by atoms with Crippen molar-refractivity contribution in [2.75, 3.05) is 7.11 Å². The van der Waals surface area contributed by atoms with Gasteiger partial charge in [0.1, 0.15) is 12.3 Å². The van der Waals surface area contributed by atoms with Gasteiger partial charge in [0.15, 0.2) is 0 Å². The number of hydrogen-bond donors (Lipinski definition) is 1. The van der Waals surface area contributed by atoms with Gasteiger partial charge in [-0.15, -0.1) is 0 Å². The number of carbonyl (C=O) groups excluding carboxylic acids is 1. The van der Waals surface area contributed by atoms with Crippen molar-refractivity contribution in [1.29, 1.82) is 0 Å². The summed E-state index contributed by atoms with van der Waals surface area (Å²) < 4.78 is 6.91. The van der Waals surface area contributed by atoms with Gasteiger partial charge in [-0.1, -0.05) is 60.2 Å². The highest BCUT2D eigenvalue weighted by Crippen LogP contribution is 2.21. The van der Waals surface area contributed by atoms with Crippen LogP contribution in [0, 0.1) is 6.92 Å². The summed E-state index contributed by atoms with van der Waals surface area (Å²) in [5.74, 6) is 0.438. The average molecular weight is 441 g/mol. The molecule has 1 N–H and O–H groups in total. The topological polar surface area (TPSA) is 60.3 Å². The molecule has 1 aromatic heterocycles. The van der Waals surface area contributed by atoms with Crippen LogP contribution in [0.5, 0.6) is 5.75 Å². The van der Waals surface area contributed by atoms with Crippen molar-refractivity contribution in [3.05, 3.63) is 111 Å². The zero-order valence-electron chi connectivity index (χ0n) is 19.0. The maximum atomic E-state index is 13.4. The second-order valence-corrected chi connectivity index (χ2v) is 8.23. The van der Waals surface area contributed by atoms with Crippen LogP contribution in [-0.4, -0.2) is 17.6 Å². The number of pyridine rings is 1. The van der Waals surface area contributed by atoms with Gasteiger partial charge in [0.2, 0.25) is 5.91 Å². The number of methoxy groups -OCH3 is 1. The molecule has 0 radical (unpaired) electrons. The summed E-state index contributed by atoms with van der Waals surface area (Å²) in [5, 5.41) is 3.83. The third kappa shape index (κ3) is 5.50. The van der Waals surface area contributed by atoms with Gasteiger partial charge in [0, 0.05) is 18.2 Å². The first kappa shape index (κ1) is 22.3. The van der Waals surface area contributed by atoms with Gasteiger partial charge in [-0.05, 0) is 54.5 Å². The van der Waals surface area contributed by atoms with Crippen molar-refractivity contribution in [3.8, 4) is 5.75 Å². The van der Waals surface area contributed by atoms with Crippen LogP contribution >= 0.6 is 0 Å². The summed E-state index contributed by atoms with van der Waals surface area (Å²) in [5.41, 5.74) is 4.65. The van der Waals surface area contributed by atoms with E-state index >= 15 is 0 Å². The largest absolute Gasteiger partial charge is 0.497 e. The van der Waals surface area contributed by atoms with Crippen molar-refractivity contribution in [2.24, 2.45) is 0 Å². The summed E-state index contributed by atoms with van der Waals surface area (Å²) in [6.07, 6.45) is 1.37. The van der Waals surface area contributed by atoms with E-state index in [9.17, 15) is 9.59 Å². The molecule has 0 fully saturated rings. The minimum Gasteiger partial charge on any atom is -0.497 e. The van der Waals surface area contributed by atoms with Gasteiger partial charge >= 0.3 is 0 Å². The Hall–Kier alpha value is -3.86. The normalized spacial score (nSPS) is 10.8. The first-order valence-electron chi connectivity index (χ1n) is 11.1. The summed E-state index contributed by atoms with van der Waals surface area (Å²) in [6.45, 7) is 2.43. The summed E-state index contributed by atoms with van der Waals surface area (Å²) in [6, 6.07) is 25.6. The van der Waals surface area contributed by atoms with E-state index in [1.807, 2.05) is 54.6 Å². The Balaban J connectivity index is 1.61. The van der Waals surface area contributed by atoms with Crippen LogP contribution in [0.3, 0.4) is 0 Å². The lowest BCUT2D eigenvalue weighted by atomic mass is 10.0. The molecule has 0 saturated carbocycles. The van der Waals surface area contributed by atoms with Crippen LogP contribution in [0.2, 0.25) is 0 Å².